The molecule has 3 heterocycles. The number of halogens is 1. The van der Waals surface area contributed by atoms with E-state index in [-0.39, 0.29) is 18.8 Å². The van der Waals surface area contributed by atoms with Gasteiger partial charge < -0.3 is 14.8 Å². The molecule has 2 aromatic heterocycles. The van der Waals surface area contributed by atoms with Crippen LogP contribution in [0.2, 0.25) is 0 Å². The molecule has 1 aliphatic rings. The standard InChI is InChI=1S/C19H19FN6O4/c1-29-18(27)21-10-15-12-25(19(28)30-15)14-3-4-17(16(20)9-14)26-8-5-13(23-26)11-24-7-2-6-22-24/h2-9,15H,10-12H2,1H3,(H,21,27)/t15-/m0/s1. The molecule has 1 aromatic carbocycles. The molecule has 2 amide bonds. The summed E-state index contributed by atoms with van der Waals surface area (Å²) in [5.41, 5.74) is 1.33. The molecule has 10 nitrogen and oxygen atoms in total. The van der Waals surface area contributed by atoms with Crippen LogP contribution in [0.15, 0.2) is 48.9 Å². The fourth-order valence-corrected chi connectivity index (χ4v) is 3.10. The highest BCUT2D eigenvalue weighted by Crippen LogP contribution is 2.25. The Kier molecular flexibility index (Phi) is 5.33. The molecule has 1 N–H and O–H groups in total. The quantitative estimate of drug-likeness (QED) is 0.661. The van der Waals surface area contributed by atoms with E-state index < -0.39 is 24.1 Å². The van der Waals surface area contributed by atoms with Crippen LogP contribution >= 0.6 is 0 Å². The Labute approximate surface area is 170 Å². The average Bonchev–Trinajstić information content (AvgIpc) is 3.48. The number of cyclic esters (lactones) is 1. The molecule has 4 rings (SSSR count). The predicted molar refractivity (Wildman–Crippen MR) is 103 cm³/mol. The highest BCUT2D eigenvalue weighted by atomic mass is 19.1. The van der Waals surface area contributed by atoms with Crippen molar-refractivity contribution in [3.63, 3.8) is 0 Å². The maximum absolute atomic E-state index is 14.8. The summed E-state index contributed by atoms with van der Waals surface area (Å²) in [6.07, 6.45) is 3.36. The van der Waals surface area contributed by atoms with E-state index >= 15 is 0 Å². The number of nitrogens with one attached hydrogen (secondary N) is 1. The van der Waals surface area contributed by atoms with Gasteiger partial charge in [-0.25, -0.2) is 18.7 Å². The van der Waals surface area contributed by atoms with Crippen LogP contribution < -0.4 is 10.2 Å². The van der Waals surface area contributed by atoms with Crippen LogP contribution in [0.1, 0.15) is 5.69 Å². The normalized spacial score (nSPS) is 15.9. The number of hydrogen-bond donors (Lipinski definition) is 1. The van der Waals surface area contributed by atoms with Gasteiger partial charge in [-0.2, -0.15) is 10.2 Å². The predicted octanol–water partition coefficient (Wildman–Crippen LogP) is 1.94. The van der Waals surface area contributed by atoms with Crippen molar-refractivity contribution < 1.29 is 23.5 Å². The third kappa shape index (κ3) is 4.09. The van der Waals surface area contributed by atoms with E-state index in [9.17, 15) is 14.0 Å². The van der Waals surface area contributed by atoms with Gasteiger partial charge in [0.25, 0.3) is 0 Å². The number of carbonyl (C=O) groups excluding carboxylic acids is 2. The van der Waals surface area contributed by atoms with Gasteiger partial charge in [-0.1, -0.05) is 0 Å². The Morgan fingerprint density at radius 3 is 2.97 bits per heavy atom. The van der Waals surface area contributed by atoms with Crippen molar-refractivity contribution in [3.05, 3.63) is 60.4 Å². The molecule has 0 radical (unpaired) electrons. The second kappa shape index (κ2) is 8.23. The molecule has 3 aromatic rings. The molecule has 1 aliphatic heterocycles. The average molecular weight is 414 g/mol. The minimum absolute atomic E-state index is 0.0990. The molecule has 0 aliphatic carbocycles. The SMILES string of the molecule is COC(=O)NC[C@H]1CN(c2ccc(-n3ccc(Cn4cccn4)n3)c(F)c2)C(=O)O1. The van der Waals surface area contributed by atoms with E-state index in [2.05, 4.69) is 20.3 Å². The second-order valence-electron chi connectivity index (χ2n) is 6.58. The Bertz CT molecular complexity index is 1050. The Morgan fingerprint density at radius 1 is 1.37 bits per heavy atom. The van der Waals surface area contributed by atoms with Crippen LogP contribution in [0.5, 0.6) is 0 Å². The Balaban J connectivity index is 1.45. The summed E-state index contributed by atoms with van der Waals surface area (Å²) in [7, 11) is 1.24. The van der Waals surface area contributed by atoms with Crippen LogP contribution in [0.4, 0.5) is 19.7 Å². The van der Waals surface area contributed by atoms with Gasteiger partial charge in [0.15, 0.2) is 5.82 Å². The van der Waals surface area contributed by atoms with Crippen LogP contribution in [-0.2, 0) is 16.0 Å². The second-order valence-corrected chi connectivity index (χ2v) is 6.58. The van der Waals surface area contributed by atoms with Gasteiger partial charge in [-0.15, -0.1) is 0 Å². The molecule has 0 spiro atoms. The van der Waals surface area contributed by atoms with E-state index in [1.165, 1.54) is 22.8 Å². The summed E-state index contributed by atoms with van der Waals surface area (Å²) in [5, 5.41) is 11.0. The van der Waals surface area contributed by atoms with Crippen molar-refractivity contribution in [1.82, 2.24) is 24.9 Å². The first-order valence-corrected chi connectivity index (χ1v) is 9.15. The maximum atomic E-state index is 14.8. The minimum atomic E-state index is -0.619. The third-order valence-electron chi connectivity index (χ3n) is 4.55. The van der Waals surface area contributed by atoms with E-state index in [1.807, 2.05) is 12.3 Å². The Morgan fingerprint density at radius 2 is 2.23 bits per heavy atom. The summed E-state index contributed by atoms with van der Waals surface area (Å²) in [6.45, 7) is 0.750. The summed E-state index contributed by atoms with van der Waals surface area (Å²) in [5.74, 6) is -0.537. The molecule has 11 heteroatoms. The molecule has 0 unspecified atom stereocenters. The Hall–Kier alpha value is -3.89. The van der Waals surface area contributed by atoms with Crippen LogP contribution in [0.25, 0.3) is 5.69 Å². The molecule has 0 bridgehead atoms. The number of ether oxygens (including phenoxy) is 2. The molecule has 0 saturated carbocycles. The largest absolute Gasteiger partial charge is 0.453 e. The first-order valence-electron chi connectivity index (χ1n) is 9.15. The number of alkyl carbamates (subject to hydrolysis) is 1. The monoisotopic (exact) mass is 414 g/mol. The molecule has 1 atom stereocenters. The number of amides is 2. The molecule has 1 saturated heterocycles. The molecular formula is C19H19FN6O4. The maximum Gasteiger partial charge on any atom is 0.414 e. The van der Waals surface area contributed by atoms with Gasteiger partial charge in [0.05, 0.1) is 38.1 Å². The van der Waals surface area contributed by atoms with Gasteiger partial charge in [0, 0.05) is 18.6 Å². The number of rotatable bonds is 6. The summed E-state index contributed by atoms with van der Waals surface area (Å²) in [4.78, 5) is 24.6. The summed E-state index contributed by atoms with van der Waals surface area (Å²) in [6, 6.07) is 8.01. The lowest BCUT2D eigenvalue weighted by atomic mass is 10.2. The van der Waals surface area contributed by atoms with E-state index in [0.29, 0.717) is 12.2 Å². The molecule has 156 valence electrons. The number of hydrogen-bond acceptors (Lipinski definition) is 6. The van der Waals surface area contributed by atoms with Crippen LogP contribution in [0.3, 0.4) is 0 Å². The highest BCUT2D eigenvalue weighted by molar-refractivity contribution is 5.90. The van der Waals surface area contributed by atoms with Crippen molar-refractivity contribution in [2.24, 2.45) is 0 Å². The number of carbonyl (C=O) groups is 2. The summed E-state index contributed by atoms with van der Waals surface area (Å²) >= 11 is 0. The number of aromatic nitrogens is 4. The fraction of sp³-hybridized carbons (Fsp3) is 0.263. The molecule has 1 fully saturated rings. The lowest BCUT2D eigenvalue weighted by Crippen LogP contribution is -2.34. The lowest BCUT2D eigenvalue weighted by Gasteiger charge is -2.14. The zero-order valence-electron chi connectivity index (χ0n) is 16.1. The van der Waals surface area contributed by atoms with Crippen molar-refractivity contribution in [2.45, 2.75) is 12.6 Å². The van der Waals surface area contributed by atoms with Gasteiger partial charge in [-0.3, -0.25) is 9.58 Å². The van der Waals surface area contributed by atoms with Crippen molar-refractivity contribution >= 4 is 17.9 Å². The van der Waals surface area contributed by atoms with Gasteiger partial charge in [-0.05, 0) is 30.3 Å². The van der Waals surface area contributed by atoms with Crippen molar-refractivity contribution in [3.8, 4) is 5.69 Å². The number of benzene rings is 1. The molecule has 30 heavy (non-hydrogen) atoms. The highest BCUT2D eigenvalue weighted by Gasteiger charge is 2.33. The number of nitrogens with zero attached hydrogens (tertiary/aromatic N) is 5. The number of anilines is 1. The third-order valence-corrected chi connectivity index (χ3v) is 4.55. The minimum Gasteiger partial charge on any atom is -0.453 e. The lowest BCUT2D eigenvalue weighted by molar-refractivity contribution is 0.132. The first-order chi connectivity index (χ1) is 14.5. The number of methoxy groups -OCH3 is 1. The first kappa shape index (κ1) is 19.4. The topological polar surface area (TPSA) is 104 Å². The smallest absolute Gasteiger partial charge is 0.414 e. The van der Waals surface area contributed by atoms with E-state index in [1.54, 1.807) is 35.3 Å². The van der Waals surface area contributed by atoms with Crippen molar-refractivity contribution in [2.75, 3.05) is 25.1 Å². The van der Waals surface area contributed by atoms with Gasteiger partial charge in [0.1, 0.15) is 11.8 Å². The fourth-order valence-electron chi connectivity index (χ4n) is 3.10. The van der Waals surface area contributed by atoms with E-state index in [0.717, 1.165) is 5.69 Å². The van der Waals surface area contributed by atoms with Crippen molar-refractivity contribution in [1.29, 1.82) is 0 Å². The van der Waals surface area contributed by atoms with E-state index in [4.69, 9.17) is 4.74 Å². The molecular weight excluding hydrogens is 395 g/mol. The van der Waals surface area contributed by atoms with Crippen LogP contribution in [0, 0.1) is 5.82 Å². The summed E-state index contributed by atoms with van der Waals surface area (Å²) < 4.78 is 27.6. The van der Waals surface area contributed by atoms with Gasteiger partial charge >= 0.3 is 12.2 Å². The van der Waals surface area contributed by atoms with Gasteiger partial charge in [0.2, 0.25) is 0 Å². The zero-order valence-corrected chi connectivity index (χ0v) is 16.1. The van der Waals surface area contributed by atoms with Crippen LogP contribution in [-0.4, -0.2) is 58.1 Å². The zero-order chi connectivity index (χ0) is 21.1.